The number of hydrogen-bond acceptors (Lipinski definition) is 11. The molecular weight excluding hydrogens is 763 g/mol. The predicted molar refractivity (Wildman–Crippen MR) is 237 cm³/mol. The fourth-order valence-corrected chi connectivity index (χ4v) is 6.45. The predicted octanol–water partition coefficient (Wildman–Crippen LogP) is 7.56. The van der Waals surface area contributed by atoms with Crippen molar-refractivity contribution >= 4 is 23.6 Å². The Bertz CT molecular complexity index is 1720. The second-order valence-electron chi connectivity index (χ2n) is 15.2. The molecule has 0 bridgehead atoms. The lowest BCUT2D eigenvalue weighted by atomic mass is 10.1. The Morgan fingerprint density at radius 2 is 0.867 bits per heavy atom. The molecule has 4 aromatic rings. The molecule has 0 saturated carbocycles. The minimum Gasteiger partial charge on any atom is -0.497 e. The number of benzene rings is 4. The number of amides is 2. The zero-order chi connectivity index (χ0) is 43.3. The van der Waals surface area contributed by atoms with Crippen LogP contribution in [-0.4, -0.2) is 129 Å². The average Bonchev–Trinajstić information content (AvgIpc) is 3.25. The summed E-state index contributed by atoms with van der Waals surface area (Å²) in [7, 11) is 15.3. The Morgan fingerprint density at radius 1 is 0.483 bits per heavy atom. The molecule has 0 fully saturated rings. The molecule has 0 heterocycles. The molecule has 60 heavy (non-hydrogen) atoms. The molecule has 2 amide bonds. The van der Waals surface area contributed by atoms with Gasteiger partial charge in [-0.3, -0.25) is 9.80 Å². The van der Waals surface area contributed by atoms with Crippen molar-refractivity contribution in [3.63, 3.8) is 0 Å². The van der Waals surface area contributed by atoms with Gasteiger partial charge < -0.3 is 43.1 Å². The highest BCUT2D eigenvalue weighted by atomic mass is 16.6. The van der Waals surface area contributed by atoms with Gasteiger partial charge in [0.15, 0.2) is 0 Å². The molecule has 0 aliphatic heterocycles. The van der Waals surface area contributed by atoms with E-state index in [1.165, 1.54) is 0 Å². The Balaban J connectivity index is 1.17. The zero-order valence-electron chi connectivity index (χ0n) is 36.8. The quantitative estimate of drug-likeness (QED) is 0.0619. The third-order valence-electron chi connectivity index (χ3n) is 10.0. The molecule has 0 aromatic heterocycles. The van der Waals surface area contributed by atoms with Gasteiger partial charge in [0.1, 0.15) is 24.7 Å². The first kappa shape index (κ1) is 47.2. The molecule has 0 saturated heterocycles. The van der Waals surface area contributed by atoms with Crippen LogP contribution in [0.1, 0.15) is 35.1 Å². The molecule has 13 heteroatoms. The lowest BCUT2D eigenvalue weighted by Gasteiger charge is -2.25. The third-order valence-corrected chi connectivity index (χ3v) is 10.0. The topological polar surface area (TPSA) is 106 Å². The minimum atomic E-state index is -0.411. The van der Waals surface area contributed by atoms with Crippen LogP contribution < -0.4 is 19.3 Å². The number of anilines is 2. The van der Waals surface area contributed by atoms with Crippen molar-refractivity contribution in [2.24, 2.45) is 0 Å². The van der Waals surface area contributed by atoms with Crippen molar-refractivity contribution in [3.8, 4) is 11.5 Å². The maximum atomic E-state index is 13.3. The number of ether oxygens (including phenoxy) is 6. The van der Waals surface area contributed by atoms with E-state index in [4.69, 9.17) is 28.4 Å². The van der Waals surface area contributed by atoms with Gasteiger partial charge in [0, 0.05) is 85.0 Å². The average molecular weight is 828 g/mol. The Morgan fingerprint density at radius 3 is 1.22 bits per heavy atom. The summed E-state index contributed by atoms with van der Waals surface area (Å²) in [5, 5.41) is 0. The van der Waals surface area contributed by atoms with E-state index in [9.17, 15) is 9.59 Å². The van der Waals surface area contributed by atoms with Gasteiger partial charge in [0.05, 0.1) is 27.4 Å². The van der Waals surface area contributed by atoms with Crippen LogP contribution in [-0.2, 0) is 45.1 Å². The number of methoxy groups -OCH3 is 2. The van der Waals surface area contributed by atoms with Gasteiger partial charge in [-0.25, -0.2) is 9.59 Å². The van der Waals surface area contributed by atoms with Gasteiger partial charge in [0.2, 0.25) is 0 Å². The molecule has 326 valence electrons. The number of nitrogens with zero attached hydrogens (tertiary/aromatic N) is 5. The number of carbonyl (C=O) groups is 2. The first-order chi connectivity index (χ1) is 28.9. The Labute approximate surface area is 357 Å². The summed E-state index contributed by atoms with van der Waals surface area (Å²) in [5.41, 5.74) is 6.06. The fraction of sp³-hybridized carbons (Fsp3) is 0.447. The molecule has 13 nitrogen and oxygen atoms in total. The van der Waals surface area contributed by atoms with Crippen LogP contribution in [0, 0.1) is 0 Å². The molecule has 0 atom stereocenters. The molecule has 4 aromatic carbocycles. The summed E-state index contributed by atoms with van der Waals surface area (Å²) in [6.45, 7) is 3.40. The molecule has 0 N–H and O–H groups in total. The van der Waals surface area contributed by atoms with Gasteiger partial charge in [-0.2, -0.15) is 0 Å². The van der Waals surface area contributed by atoms with Crippen LogP contribution in [0.15, 0.2) is 97.1 Å². The van der Waals surface area contributed by atoms with Crippen molar-refractivity contribution in [1.82, 2.24) is 14.7 Å². The Hall–Kier alpha value is -5.50. The maximum Gasteiger partial charge on any atom is 0.410 e. The summed E-state index contributed by atoms with van der Waals surface area (Å²) in [6.07, 6.45) is 0.732. The normalized spacial score (nSPS) is 11.0. The summed E-state index contributed by atoms with van der Waals surface area (Å²) in [5.74, 6) is 1.46. The lowest BCUT2D eigenvalue weighted by molar-refractivity contribution is 0.0353. The van der Waals surface area contributed by atoms with E-state index in [1.54, 1.807) is 24.0 Å². The van der Waals surface area contributed by atoms with E-state index in [0.29, 0.717) is 39.4 Å². The van der Waals surface area contributed by atoms with Crippen LogP contribution in [0.3, 0.4) is 0 Å². The van der Waals surface area contributed by atoms with E-state index < -0.39 is 12.2 Å². The van der Waals surface area contributed by atoms with Crippen LogP contribution >= 0.6 is 0 Å². The zero-order valence-corrected chi connectivity index (χ0v) is 36.8. The summed E-state index contributed by atoms with van der Waals surface area (Å²) in [6, 6.07) is 31.8. The van der Waals surface area contributed by atoms with Crippen molar-refractivity contribution in [3.05, 3.63) is 119 Å². The van der Waals surface area contributed by atoms with Crippen molar-refractivity contribution in [2.45, 2.75) is 45.1 Å². The molecule has 0 radical (unpaired) electrons. The third kappa shape index (κ3) is 16.3. The van der Waals surface area contributed by atoms with Gasteiger partial charge in [0.25, 0.3) is 0 Å². The summed E-state index contributed by atoms with van der Waals surface area (Å²) >= 11 is 0. The number of rotatable bonds is 25. The standard InChI is InChI=1S/C47H65N5O8/c1-48(2)41-19-15-37(16-20-41)33-51(35-39-11-9-13-44(31-39)55-7)46(53)59-29-27-57-25-23-43(50(5)6)24-26-58-28-30-60-47(54)52(36-40-12-10-14-45(32-40)56-8)34-38-17-21-42(22-18-38)49(3)4/h9-22,31-32,43H,23-30,33-36H2,1-8H3. The van der Waals surface area contributed by atoms with Crippen molar-refractivity contribution in [2.75, 3.05) is 106 Å². The maximum absolute atomic E-state index is 13.3. The first-order valence-corrected chi connectivity index (χ1v) is 20.4. The van der Waals surface area contributed by atoms with E-state index in [0.717, 1.165) is 58.0 Å². The van der Waals surface area contributed by atoms with Crippen LogP contribution in [0.5, 0.6) is 11.5 Å². The van der Waals surface area contributed by atoms with Crippen molar-refractivity contribution in [1.29, 1.82) is 0 Å². The van der Waals surface area contributed by atoms with Gasteiger partial charge in [-0.05, 0) is 97.7 Å². The highest BCUT2D eigenvalue weighted by Gasteiger charge is 2.19. The van der Waals surface area contributed by atoms with E-state index in [-0.39, 0.29) is 32.5 Å². The second-order valence-corrected chi connectivity index (χ2v) is 15.2. The molecule has 0 spiro atoms. The van der Waals surface area contributed by atoms with E-state index in [2.05, 4.69) is 4.90 Å². The largest absolute Gasteiger partial charge is 0.497 e. The second kappa shape index (κ2) is 25.2. The SMILES string of the molecule is COc1cccc(CN(Cc2ccc(N(C)C)cc2)C(=O)OCCOCCC(CCOCCOC(=O)N(Cc2ccc(N(C)C)cc2)Cc2cccc(OC)c2)N(C)C)c1. The van der Waals surface area contributed by atoms with E-state index in [1.807, 2.05) is 149 Å². The van der Waals surface area contributed by atoms with E-state index >= 15 is 0 Å². The number of hydrogen-bond donors (Lipinski definition) is 0. The first-order valence-electron chi connectivity index (χ1n) is 20.4. The molecule has 0 unspecified atom stereocenters. The van der Waals surface area contributed by atoms with Crippen LogP contribution in [0.2, 0.25) is 0 Å². The van der Waals surface area contributed by atoms with Crippen molar-refractivity contribution < 1.29 is 38.0 Å². The monoisotopic (exact) mass is 827 g/mol. The minimum absolute atomic E-state index is 0.140. The molecular formula is C47H65N5O8. The summed E-state index contributed by atoms with van der Waals surface area (Å²) in [4.78, 5) is 36.3. The van der Waals surface area contributed by atoms with Gasteiger partial charge in [-0.15, -0.1) is 0 Å². The highest BCUT2D eigenvalue weighted by molar-refractivity contribution is 5.68. The summed E-state index contributed by atoms with van der Waals surface area (Å²) < 4.78 is 33.9. The molecule has 4 rings (SSSR count). The van der Waals surface area contributed by atoms with Gasteiger partial charge >= 0.3 is 12.2 Å². The fourth-order valence-electron chi connectivity index (χ4n) is 6.45. The highest BCUT2D eigenvalue weighted by Crippen LogP contribution is 2.21. The van der Waals surface area contributed by atoms with Crippen LogP contribution in [0.25, 0.3) is 0 Å². The Kier molecular flexibility index (Phi) is 19.8. The molecule has 0 aliphatic rings. The number of carbonyl (C=O) groups excluding carboxylic acids is 2. The van der Waals surface area contributed by atoms with Crippen LogP contribution in [0.4, 0.5) is 21.0 Å². The smallest absolute Gasteiger partial charge is 0.410 e. The van der Waals surface area contributed by atoms with Gasteiger partial charge in [-0.1, -0.05) is 48.5 Å². The lowest BCUT2D eigenvalue weighted by Crippen LogP contribution is -2.32. The molecule has 0 aliphatic carbocycles.